The second-order valence-corrected chi connectivity index (χ2v) is 7.49. The highest BCUT2D eigenvalue weighted by Crippen LogP contribution is 2.25. The van der Waals surface area contributed by atoms with Crippen LogP contribution in [-0.2, 0) is 0 Å². The monoisotopic (exact) mass is 399 g/mol. The Kier molecular flexibility index (Phi) is 6.52. The predicted octanol–water partition coefficient (Wildman–Crippen LogP) is 4.36. The highest BCUT2D eigenvalue weighted by Gasteiger charge is 2.30. The van der Waals surface area contributed by atoms with E-state index in [1.54, 1.807) is 35.2 Å². The standard InChI is InChI=1S/C23H26FNO4/c1-15(2)29-19-9-6-16(7-10-19)23(27)25-12-4-5-18(14-25)22(26)17-8-11-21(28-3)20(24)13-17/h6-11,13,15,18H,4-5,12,14H2,1-3H3. The minimum absolute atomic E-state index is 0.0632. The van der Waals surface area contributed by atoms with E-state index in [1.165, 1.54) is 19.2 Å². The molecule has 1 atom stereocenters. The summed E-state index contributed by atoms with van der Waals surface area (Å²) in [5, 5.41) is 0. The summed E-state index contributed by atoms with van der Waals surface area (Å²) >= 11 is 0. The van der Waals surface area contributed by atoms with Crippen molar-refractivity contribution < 1.29 is 23.5 Å². The molecular formula is C23H26FNO4. The molecule has 0 aromatic heterocycles. The van der Waals surface area contributed by atoms with Crippen molar-refractivity contribution in [3.63, 3.8) is 0 Å². The van der Waals surface area contributed by atoms with Crippen molar-refractivity contribution >= 4 is 11.7 Å². The molecule has 2 aromatic rings. The van der Waals surface area contributed by atoms with Crippen LogP contribution >= 0.6 is 0 Å². The third-order valence-electron chi connectivity index (χ3n) is 4.99. The van der Waals surface area contributed by atoms with Crippen molar-refractivity contribution in [2.24, 2.45) is 5.92 Å². The molecule has 0 radical (unpaired) electrons. The minimum atomic E-state index is -0.564. The topological polar surface area (TPSA) is 55.8 Å². The first-order valence-corrected chi connectivity index (χ1v) is 9.82. The van der Waals surface area contributed by atoms with Crippen LogP contribution in [-0.4, -0.2) is 42.9 Å². The van der Waals surface area contributed by atoms with E-state index < -0.39 is 5.82 Å². The second kappa shape index (κ2) is 9.07. The van der Waals surface area contributed by atoms with Gasteiger partial charge in [0.15, 0.2) is 17.3 Å². The quantitative estimate of drug-likeness (QED) is 0.678. The molecule has 0 saturated carbocycles. The van der Waals surface area contributed by atoms with Gasteiger partial charge in [-0.2, -0.15) is 0 Å². The number of hydrogen-bond acceptors (Lipinski definition) is 4. The van der Waals surface area contributed by atoms with Crippen molar-refractivity contribution in [2.45, 2.75) is 32.8 Å². The summed E-state index contributed by atoms with van der Waals surface area (Å²) in [4.78, 5) is 27.4. The van der Waals surface area contributed by atoms with E-state index in [1.807, 2.05) is 13.8 Å². The zero-order valence-corrected chi connectivity index (χ0v) is 17.0. The van der Waals surface area contributed by atoms with E-state index in [4.69, 9.17) is 9.47 Å². The molecular weight excluding hydrogens is 373 g/mol. The van der Waals surface area contributed by atoms with Crippen molar-refractivity contribution in [3.05, 3.63) is 59.4 Å². The fourth-order valence-corrected chi connectivity index (χ4v) is 3.56. The van der Waals surface area contributed by atoms with Gasteiger partial charge in [-0.25, -0.2) is 4.39 Å². The van der Waals surface area contributed by atoms with Gasteiger partial charge in [-0.1, -0.05) is 0 Å². The third kappa shape index (κ3) is 4.94. The van der Waals surface area contributed by atoms with Gasteiger partial charge in [-0.3, -0.25) is 9.59 Å². The zero-order valence-electron chi connectivity index (χ0n) is 17.0. The summed E-state index contributed by atoms with van der Waals surface area (Å²) in [5.74, 6) is -0.351. The SMILES string of the molecule is COc1ccc(C(=O)C2CCCN(C(=O)c3ccc(OC(C)C)cc3)C2)cc1F. The lowest BCUT2D eigenvalue weighted by atomic mass is 9.89. The van der Waals surface area contributed by atoms with Crippen LogP contribution in [0.1, 0.15) is 47.4 Å². The average Bonchev–Trinajstić information content (AvgIpc) is 2.73. The molecule has 1 saturated heterocycles. The van der Waals surface area contributed by atoms with Crippen molar-refractivity contribution in [1.29, 1.82) is 0 Å². The smallest absolute Gasteiger partial charge is 0.253 e. The lowest BCUT2D eigenvalue weighted by Crippen LogP contribution is -2.42. The van der Waals surface area contributed by atoms with Gasteiger partial charge >= 0.3 is 0 Å². The molecule has 5 nitrogen and oxygen atoms in total. The molecule has 1 unspecified atom stereocenters. The molecule has 0 N–H and O–H groups in total. The molecule has 0 aliphatic carbocycles. The summed E-state index contributed by atoms with van der Waals surface area (Å²) in [6.07, 6.45) is 1.47. The van der Waals surface area contributed by atoms with Gasteiger partial charge in [0, 0.05) is 30.1 Å². The van der Waals surface area contributed by atoms with Gasteiger partial charge in [-0.15, -0.1) is 0 Å². The van der Waals surface area contributed by atoms with E-state index in [-0.39, 0.29) is 29.5 Å². The van der Waals surface area contributed by atoms with E-state index in [2.05, 4.69) is 0 Å². The first-order chi connectivity index (χ1) is 13.9. The van der Waals surface area contributed by atoms with Crippen LogP contribution < -0.4 is 9.47 Å². The predicted molar refractivity (Wildman–Crippen MR) is 108 cm³/mol. The average molecular weight is 399 g/mol. The van der Waals surface area contributed by atoms with Crippen molar-refractivity contribution in [3.8, 4) is 11.5 Å². The van der Waals surface area contributed by atoms with E-state index in [9.17, 15) is 14.0 Å². The van der Waals surface area contributed by atoms with E-state index >= 15 is 0 Å². The summed E-state index contributed by atoms with van der Waals surface area (Å²) < 4.78 is 24.5. The number of benzene rings is 2. The Hall–Kier alpha value is -2.89. The number of ether oxygens (including phenoxy) is 2. The highest BCUT2D eigenvalue weighted by molar-refractivity contribution is 5.99. The Morgan fingerprint density at radius 1 is 1.10 bits per heavy atom. The first-order valence-electron chi connectivity index (χ1n) is 9.82. The molecule has 0 bridgehead atoms. The summed E-state index contributed by atoms with van der Waals surface area (Å²) in [6, 6.07) is 11.3. The van der Waals surface area contributed by atoms with Crippen LogP contribution in [0.5, 0.6) is 11.5 Å². The number of nitrogens with zero attached hydrogens (tertiary/aromatic N) is 1. The number of carbonyl (C=O) groups is 2. The third-order valence-corrected chi connectivity index (χ3v) is 4.99. The van der Waals surface area contributed by atoms with Crippen LogP contribution in [0.4, 0.5) is 4.39 Å². The van der Waals surface area contributed by atoms with Gasteiger partial charge < -0.3 is 14.4 Å². The van der Waals surface area contributed by atoms with Crippen LogP contribution in [0, 0.1) is 11.7 Å². The number of rotatable bonds is 6. The molecule has 1 heterocycles. The number of carbonyl (C=O) groups excluding carboxylic acids is 2. The molecule has 6 heteroatoms. The first kappa shape index (κ1) is 20.8. The molecule has 1 aliphatic heterocycles. The Balaban J connectivity index is 1.69. The largest absolute Gasteiger partial charge is 0.494 e. The Morgan fingerprint density at radius 3 is 2.41 bits per heavy atom. The van der Waals surface area contributed by atoms with Crippen LogP contribution in [0.3, 0.4) is 0 Å². The van der Waals surface area contributed by atoms with Crippen LogP contribution in [0.2, 0.25) is 0 Å². The Bertz CT molecular complexity index is 879. The highest BCUT2D eigenvalue weighted by atomic mass is 19.1. The molecule has 3 rings (SSSR count). The molecule has 29 heavy (non-hydrogen) atoms. The summed E-state index contributed by atoms with van der Waals surface area (Å²) in [5.41, 5.74) is 0.863. The Labute approximate surface area is 170 Å². The number of hydrogen-bond donors (Lipinski definition) is 0. The van der Waals surface area contributed by atoms with Gasteiger partial charge in [0.1, 0.15) is 5.75 Å². The van der Waals surface area contributed by atoms with Crippen molar-refractivity contribution in [2.75, 3.05) is 20.2 Å². The maximum absolute atomic E-state index is 14.0. The lowest BCUT2D eigenvalue weighted by Gasteiger charge is -2.32. The van der Waals surface area contributed by atoms with Gasteiger partial charge in [0.05, 0.1) is 13.2 Å². The second-order valence-electron chi connectivity index (χ2n) is 7.49. The molecule has 1 fully saturated rings. The van der Waals surface area contributed by atoms with E-state index in [0.717, 1.165) is 6.42 Å². The molecule has 154 valence electrons. The number of likely N-dealkylation sites (tertiary alicyclic amines) is 1. The zero-order chi connectivity index (χ0) is 21.0. The molecule has 2 aromatic carbocycles. The summed E-state index contributed by atoms with van der Waals surface area (Å²) in [6.45, 7) is 4.82. The van der Waals surface area contributed by atoms with Gasteiger partial charge in [-0.05, 0) is 69.2 Å². The van der Waals surface area contributed by atoms with Crippen LogP contribution in [0.25, 0.3) is 0 Å². The molecule has 1 amide bonds. The number of Topliss-reactive ketones (excluding diaryl/α,β-unsaturated/α-hetero) is 1. The van der Waals surface area contributed by atoms with Crippen LogP contribution in [0.15, 0.2) is 42.5 Å². The normalized spacial score (nSPS) is 16.6. The number of halogens is 1. The minimum Gasteiger partial charge on any atom is -0.494 e. The fourth-order valence-electron chi connectivity index (χ4n) is 3.56. The number of ketones is 1. The fraction of sp³-hybridized carbons (Fsp3) is 0.391. The van der Waals surface area contributed by atoms with Crippen molar-refractivity contribution in [1.82, 2.24) is 4.90 Å². The maximum atomic E-state index is 14.0. The summed E-state index contributed by atoms with van der Waals surface area (Å²) in [7, 11) is 1.38. The maximum Gasteiger partial charge on any atom is 0.253 e. The number of amides is 1. The molecule has 0 spiro atoms. The van der Waals surface area contributed by atoms with Gasteiger partial charge in [0.2, 0.25) is 0 Å². The Morgan fingerprint density at radius 2 is 1.79 bits per heavy atom. The number of piperidine rings is 1. The number of methoxy groups -OCH3 is 1. The molecule has 1 aliphatic rings. The lowest BCUT2D eigenvalue weighted by molar-refractivity contribution is 0.0637. The van der Waals surface area contributed by atoms with E-state index in [0.29, 0.717) is 36.4 Å². The van der Waals surface area contributed by atoms with Gasteiger partial charge in [0.25, 0.3) is 5.91 Å².